The van der Waals surface area contributed by atoms with Crippen LogP contribution >= 0.6 is 0 Å². The molecule has 0 radical (unpaired) electrons. The molecule has 1 fully saturated rings. The lowest BCUT2D eigenvalue weighted by atomic mass is 10.0. The van der Waals surface area contributed by atoms with Crippen LogP contribution in [-0.4, -0.2) is 49.0 Å². The Bertz CT molecular complexity index is 949. The van der Waals surface area contributed by atoms with E-state index in [1.165, 1.54) is 23.8 Å². The molecule has 152 valence electrons. The minimum atomic E-state index is -3.62. The van der Waals surface area contributed by atoms with Crippen molar-refractivity contribution in [3.63, 3.8) is 0 Å². The summed E-state index contributed by atoms with van der Waals surface area (Å²) in [5.74, 6) is 0.580. The number of aromatic nitrogens is 2. The summed E-state index contributed by atoms with van der Waals surface area (Å²) in [4.78, 5) is 8.66. The van der Waals surface area contributed by atoms with E-state index in [1.54, 1.807) is 0 Å². The van der Waals surface area contributed by atoms with Gasteiger partial charge in [0, 0.05) is 18.9 Å². The monoisotopic (exact) mass is 405 g/mol. The topological polar surface area (TPSA) is 81.6 Å². The molecule has 1 aliphatic heterocycles. The zero-order valence-electron chi connectivity index (χ0n) is 17.0. The van der Waals surface area contributed by atoms with Crippen LogP contribution in [0.1, 0.15) is 35.1 Å². The molecule has 1 aliphatic rings. The standard InChI is InChI=1S/C20H27N3O4S/c1-13-11-14(2)16(4)18(15(13)3)28(24,25)23-10-6-7-17(12-23)27-20-19(26-5)21-8-9-22-20/h8-9,11,17H,6-7,10,12H2,1-5H3. The zero-order valence-corrected chi connectivity index (χ0v) is 17.8. The van der Waals surface area contributed by atoms with Gasteiger partial charge in [0.15, 0.2) is 0 Å². The van der Waals surface area contributed by atoms with Gasteiger partial charge < -0.3 is 9.47 Å². The van der Waals surface area contributed by atoms with Gasteiger partial charge in [-0.25, -0.2) is 18.4 Å². The van der Waals surface area contributed by atoms with E-state index in [1.807, 2.05) is 33.8 Å². The molecule has 0 aliphatic carbocycles. The van der Waals surface area contributed by atoms with Crippen molar-refractivity contribution >= 4 is 10.0 Å². The number of rotatable bonds is 5. The molecule has 7 nitrogen and oxygen atoms in total. The highest BCUT2D eigenvalue weighted by Gasteiger charge is 2.34. The number of hydrogen-bond acceptors (Lipinski definition) is 6. The Kier molecular flexibility index (Phi) is 5.90. The third-order valence-corrected chi connectivity index (χ3v) is 7.48. The molecule has 0 amide bonds. The Balaban J connectivity index is 1.88. The zero-order chi connectivity index (χ0) is 20.5. The van der Waals surface area contributed by atoms with E-state index in [4.69, 9.17) is 9.47 Å². The SMILES string of the molecule is COc1nccnc1OC1CCCN(S(=O)(=O)c2c(C)c(C)cc(C)c2C)C1. The Labute approximate surface area is 166 Å². The van der Waals surface area contributed by atoms with E-state index in [-0.39, 0.29) is 18.5 Å². The van der Waals surface area contributed by atoms with Gasteiger partial charge in [0.2, 0.25) is 10.0 Å². The molecule has 8 heteroatoms. The molecule has 28 heavy (non-hydrogen) atoms. The maximum atomic E-state index is 13.5. The lowest BCUT2D eigenvalue weighted by Gasteiger charge is -2.33. The number of piperidine rings is 1. The molecule has 1 saturated heterocycles. The average molecular weight is 406 g/mol. The molecule has 0 N–H and O–H groups in total. The number of methoxy groups -OCH3 is 1. The molecule has 3 rings (SSSR count). The summed E-state index contributed by atoms with van der Waals surface area (Å²) in [6, 6.07) is 2.03. The van der Waals surface area contributed by atoms with Gasteiger partial charge >= 0.3 is 0 Å². The number of aryl methyl sites for hydroxylation is 2. The van der Waals surface area contributed by atoms with E-state index in [2.05, 4.69) is 9.97 Å². The maximum Gasteiger partial charge on any atom is 0.278 e. The van der Waals surface area contributed by atoms with E-state index in [0.29, 0.717) is 17.3 Å². The summed E-state index contributed by atoms with van der Waals surface area (Å²) in [7, 11) is -2.12. The maximum absolute atomic E-state index is 13.5. The van der Waals surface area contributed by atoms with Crippen LogP contribution in [-0.2, 0) is 10.0 Å². The third-order valence-electron chi connectivity index (χ3n) is 5.34. The summed E-state index contributed by atoms with van der Waals surface area (Å²) in [6.45, 7) is 8.39. The highest BCUT2D eigenvalue weighted by Crippen LogP contribution is 2.31. The Morgan fingerprint density at radius 2 is 1.64 bits per heavy atom. The number of sulfonamides is 1. The molecule has 0 saturated carbocycles. The minimum Gasteiger partial charge on any atom is -0.477 e. The first-order valence-corrected chi connectivity index (χ1v) is 10.8. The van der Waals surface area contributed by atoms with Gasteiger partial charge in [-0.05, 0) is 62.8 Å². The van der Waals surface area contributed by atoms with E-state index in [9.17, 15) is 8.42 Å². The van der Waals surface area contributed by atoms with Crippen molar-refractivity contribution in [2.45, 2.75) is 51.5 Å². The van der Waals surface area contributed by atoms with Crippen molar-refractivity contribution < 1.29 is 17.9 Å². The molecule has 1 aromatic carbocycles. The van der Waals surface area contributed by atoms with E-state index < -0.39 is 10.0 Å². The average Bonchev–Trinajstić information content (AvgIpc) is 2.67. The molecule has 0 spiro atoms. The number of hydrogen-bond donors (Lipinski definition) is 0. The summed E-state index contributed by atoms with van der Waals surface area (Å²) in [6.07, 6.45) is 4.21. The van der Waals surface area contributed by atoms with Crippen molar-refractivity contribution in [3.8, 4) is 11.8 Å². The van der Waals surface area contributed by atoms with Crippen LogP contribution in [0.5, 0.6) is 11.8 Å². The lowest BCUT2D eigenvalue weighted by molar-refractivity contribution is 0.119. The van der Waals surface area contributed by atoms with Gasteiger partial charge in [-0.2, -0.15) is 4.31 Å². The Morgan fingerprint density at radius 1 is 1.04 bits per heavy atom. The smallest absolute Gasteiger partial charge is 0.278 e. The third kappa shape index (κ3) is 3.84. The second kappa shape index (κ2) is 8.05. The van der Waals surface area contributed by atoms with Crippen LogP contribution in [0.3, 0.4) is 0 Å². The fourth-order valence-electron chi connectivity index (χ4n) is 3.61. The van der Waals surface area contributed by atoms with Crippen LogP contribution in [0.25, 0.3) is 0 Å². The van der Waals surface area contributed by atoms with Crippen molar-refractivity contribution in [2.24, 2.45) is 0 Å². The highest BCUT2D eigenvalue weighted by atomic mass is 32.2. The highest BCUT2D eigenvalue weighted by molar-refractivity contribution is 7.89. The number of benzene rings is 1. The van der Waals surface area contributed by atoms with Crippen LogP contribution in [0, 0.1) is 27.7 Å². The Hall–Kier alpha value is -2.19. The van der Waals surface area contributed by atoms with Crippen LogP contribution < -0.4 is 9.47 Å². The molecule has 1 atom stereocenters. The fourth-order valence-corrected chi connectivity index (χ4v) is 5.69. The first kappa shape index (κ1) is 20.5. The molecule has 2 heterocycles. The quantitative estimate of drug-likeness (QED) is 0.761. The van der Waals surface area contributed by atoms with Gasteiger partial charge in [-0.15, -0.1) is 0 Å². The molecule has 1 aromatic heterocycles. The van der Waals surface area contributed by atoms with E-state index in [0.717, 1.165) is 35.1 Å². The molecular weight excluding hydrogens is 378 g/mol. The summed E-state index contributed by atoms with van der Waals surface area (Å²) in [5, 5.41) is 0. The van der Waals surface area contributed by atoms with Crippen molar-refractivity contribution in [1.29, 1.82) is 0 Å². The molecular formula is C20H27N3O4S. The normalized spacial score (nSPS) is 18.1. The lowest BCUT2D eigenvalue weighted by Crippen LogP contribution is -2.44. The van der Waals surface area contributed by atoms with Crippen molar-refractivity contribution in [1.82, 2.24) is 14.3 Å². The molecule has 0 bridgehead atoms. The van der Waals surface area contributed by atoms with Gasteiger partial charge in [0.25, 0.3) is 11.8 Å². The fraction of sp³-hybridized carbons (Fsp3) is 0.500. The number of ether oxygens (including phenoxy) is 2. The summed E-state index contributed by atoms with van der Waals surface area (Å²) in [5.41, 5.74) is 3.58. The van der Waals surface area contributed by atoms with Crippen molar-refractivity contribution in [3.05, 3.63) is 40.7 Å². The largest absolute Gasteiger partial charge is 0.477 e. The molecule has 2 aromatic rings. The molecule has 1 unspecified atom stereocenters. The number of nitrogens with zero attached hydrogens (tertiary/aromatic N) is 3. The predicted molar refractivity (Wildman–Crippen MR) is 106 cm³/mol. The first-order valence-electron chi connectivity index (χ1n) is 9.35. The van der Waals surface area contributed by atoms with Crippen LogP contribution in [0.2, 0.25) is 0 Å². The summed E-state index contributed by atoms with van der Waals surface area (Å²) >= 11 is 0. The van der Waals surface area contributed by atoms with Crippen molar-refractivity contribution in [2.75, 3.05) is 20.2 Å². The predicted octanol–water partition coefficient (Wildman–Crippen LogP) is 2.95. The van der Waals surface area contributed by atoms with Crippen LogP contribution in [0.4, 0.5) is 0 Å². The van der Waals surface area contributed by atoms with Gasteiger partial charge in [-0.3, -0.25) is 0 Å². The second-order valence-corrected chi connectivity index (χ2v) is 9.08. The second-order valence-electron chi connectivity index (χ2n) is 7.21. The van der Waals surface area contributed by atoms with Gasteiger partial charge in [0.1, 0.15) is 6.10 Å². The first-order chi connectivity index (χ1) is 13.3. The van der Waals surface area contributed by atoms with Gasteiger partial charge in [0.05, 0.1) is 18.6 Å². The van der Waals surface area contributed by atoms with Gasteiger partial charge in [-0.1, -0.05) is 6.07 Å². The van der Waals surface area contributed by atoms with Crippen LogP contribution in [0.15, 0.2) is 23.4 Å². The van der Waals surface area contributed by atoms with E-state index >= 15 is 0 Å². The summed E-state index contributed by atoms with van der Waals surface area (Å²) < 4.78 is 39.6. The minimum absolute atomic E-state index is 0.272. The Morgan fingerprint density at radius 3 is 2.25 bits per heavy atom.